The summed E-state index contributed by atoms with van der Waals surface area (Å²) in [5.41, 5.74) is 19.9. The zero-order valence-corrected chi connectivity index (χ0v) is 18.0. The van der Waals surface area contributed by atoms with Gasteiger partial charge in [-0.3, -0.25) is 0 Å². The molecule has 0 aliphatic rings. The number of anilines is 1. The van der Waals surface area contributed by atoms with Crippen molar-refractivity contribution in [1.82, 2.24) is 4.98 Å². The van der Waals surface area contributed by atoms with E-state index in [-0.39, 0.29) is 10.7 Å². The lowest BCUT2D eigenvalue weighted by molar-refractivity contribution is 0.587. The second-order valence-electron chi connectivity index (χ2n) is 6.85. The van der Waals surface area contributed by atoms with Crippen LogP contribution in [0.5, 0.6) is 0 Å². The summed E-state index contributed by atoms with van der Waals surface area (Å²) in [5, 5.41) is -0.526. The van der Waals surface area contributed by atoms with E-state index < -0.39 is 15.1 Å². The van der Waals surface area contributed by atoms with Gasteiger partial charge in [0.2, 0.25) is 0 Å². The molecule has 0 aliphatic heterocycles. The summed E-state index contributed by atoms with van der Waals surface area (Å²) in [6.07, 6.45) is 1.55. The highest BCUT2D eigenvalue weighted by Gasteiger charge is 2.20. The standard InChI is InChI=1S/C22H25N5O2S/c1-14(2)30(28,29)19-9-7-18(8-10-19)22(27-16(4)24)20(15(3)23)11-5-17-6-12-21(25)26-13-17/h6-10,12-14H,4,23-24H2,1-3H3,(H2,25,26)/b20-15-,27-22?. The number of pyridine rings is 1. The lowest BCUT2D eigenvalue weighted by Gasteiger charge is -2.11. The Bertz CT molecular complexity index is 1160. The Morgan fingerprint density at radius 1 is 1.13 bits per heavy atom. The van der Waals surface area contributed by atoms with Gasteiger partial charge in [-0.25, -0.2) is 18.4 Å². The van der Waals surface area contributed by atoms with Crippen LogP contribution in [-0.2, 0) is 9.84 Å². The van der Waals surface area contributed by atoms with Crippen LogP contribution in [0, 0.1) is 11.8 Å². The first-order chi connectivity index (χ1) is 14.0. The van der Waals surface area contributed by atoms with Gasteiger partial charge in [-0.05, 0) is 45.0 Å². The molecular weight excluding hydrogens is 398 g/mol. The number of hydrogen-bond donors (Lipinski definition) is 3. The molecule has 7 nitrogen and oxygen atoms in total. The fourth-order valence-electron chi connectivity index (χ4n) is 2.44. The molecule has 8 heteroatoms. The van der Waals surface area contributed by atoms with Gasteiger partial charge in [-0.2, -0.15) is 0 Å². The smallest absolute Gasteiger partial charge is 0.180 e. The molecule has 0 radical (unpaired) electrons. The maximum Gasteiger partial charge on any atom is 0.180 e. The molecule has 1 aromatic heterocycles. The molecule has 6 N–H and O–H groups in total. The van der Waals surface area contributed by atoms with E-state index in [0.29, 0.717) is 33.9 Å². The Morgan fingerprint density at radius 2 is 1.77 bits per heavy atom. The van der Waals surface area contributed by atoms with Gasteiger partial charge in [-0.15, -0.1) is 0 Å². The largest absolute Gasteiger partial charge is 0.401 e. The van der Waals surface area contributed by atoms with Crippen LogP contribution >= 0.6 is 0 Å². The molecule has 0 aliphatic carbocycles. The van der Waals surface area contributed by atoms with Crippen LogP contribution in [0.15, 0.2) is 76.2 Å². The van der Waals surface area contributed by atoms with Crippen LogP contribution < -0.4 is 17.2 Å². The maximum atomic E-state index is 12.4. The molecule has 156 valence electrons. The van der Waals surface area contributed by atoms with E-state index >= 15 is 0 Å². The molecule has 30 heavy (non-hydrogen) atoms. The van der Waals surface area contributed by atoms with Crippen LogP contribution in [0.2, 0.25) is 0 Å². The highest BCUT2D eigenvalue weighted by atomic mass is 32.2. The molecule has 0 fully saturated rings. The number of nitrogens with two attached hydrogens (primary N) is 3. The van der Waals surface area contributed by atoms with E-state index in [1.807, 2.05) is 0 Å². The van der Waals surface area contributed by atoms with Crippen molar-refractivity contribution in [3.63, 3.8) is 0 Å². The van der Waals surface area contributed by atoms with E-state index in [2.05, 4.69) is 28.4 Å². The molecule has 0 atom stereocenters. The third kappa shape index (κ3) is 5.49. The summed E-state index contributed by atoms with van der Waals surface area (Å²) < 4.78 is 24.8. The summed E-state index contributed by atoms with van der Waals surface area (Å²) in [5.74, 6) is 6.44. The van der Waals surface area contributed by atoms with Crippen molar-refractivity contribution in [3.8, 4) is 11.8 Å². The Hall–Kier alpha value is -3.57. The van der Waals surface area contributed by atoms with E-state index in [4.69, 9.17) is 17.2 Å². The SMILES string of the molecule is C=C(N)N=C(/C(C#Cc1ccc(N)nc1)=C(/C)N)c1ccc(S(=O)(=O)C(C)C)cc1. The van der Waals surface area contributed by atoms with Crippen molar-refractivity contribution in [3.05, 3.63) is 77.4 Å². The summed E-state index contributed by atoms with van der Waals surface area (Å²) in [6.45, 7) is 8.59. The Kier molecular flexibility index (Phi) is 7.03. The Balaban J connectivity index is 2.55. The van der Waals surface area contributed by atoms with Gasteiger partial charge in [-0.1, -0.05) is 30.6 Å². The minimum atomic E-state index is -3.39. The number of hydrogen-bond acceptors (Lipinski definition) is 7. The monoisotopic (exact) mass is 423 g/mol. The van der Waals surface area contributed by atoms with Gasteiger partial charge in [0.15, 0.2) is 9.84 Å². The summed E-state index contributed by atoms with van der Waals surface area (Å²) >= 11 is 0. The molecule has 0 spiro atoms. The fraction of sp³-hybridized carbons (Fsp3) is 0.182. The van der Waals surface area contributed by atoms with Gasteiger partial charge >= 0.3 is 0 Å². The third-order valence-corrected chi connectivity index (χ3v) is 6.25. The molecule has 1 aromatic carbocycles. The molecule has 0 saturated carbocycles. The van der Waals surface area contributed by atoms with E-state index in [1.54, 1.807) is 51.2 Å². The van der Waals surface area contributed by atoms with Crippen molar-refractivity contribution < 1.29 is 8.42 Å². The first-order valence-electron chi connectivity index (χ1n) is 9.10. The summed E-state index contributed by atoms with van der Waals surface area (Å²) in [7, 11) is -3.39. The molecule has 0 unspecified atom stereocenters. The number of aromatic nitrogens is 1. The van der Waals surface area contributed by atoms with Crippen LogP contribution in [0.1, 0.15) is 31.9 Å². The average Bonchev–Trinajstić information content (AvgIpc) is 2.68. The predicted molar refractivity (Wildman–Crippen MR) is 121 cm³/mol. The minimum Gasteiger partial charge on any atom is -0.401 e. The molecule has 1 heterocycles. The van der Waals surface area contributed by atoms with E-state index in [0.717, 1.165) is 0 Å². The molecule has 0 bridgehead atoms. The highest BCUT2D eigenvalue weighted by Crippen LogP contribution is 2.19. The van der Waals surface area contributed by atoms with Gasteiger partial charge in [0.25, 0.3) is 0 Å². The van der Waals surface area contributed by atoms with Gasteiger partial charge in [0, 0.05) is 23.0 Å². The van der Waals surface area contributed by atoms with Crippen LogP contribution in [0.3, 0.4) is 0 Å². The minimum absolute atomic E-state index is 0.0681. The average molecular weight is 424 g/mol. The van der Waals surface area contributed by atoms with E-state index in [9.17, 15) is 8.42 Å². The normalized spacial score (nSPS) is 12.7. The van der Waals surface area contributed by atoms with Crippen molar-refractivity contribution in [1.29, 1.82) is 0 Å². The zero-order chi connectivity index (χ0) is 22.5. The molecule has 0 amide bonds. The van der Waals surface area contributed by atoms with Crippen molar-refractivity contribution in [2.75, 3.05) is 5.73 Å². The van der Waals surface area contributed by atoms with Gasteiger partial charge in [0.1, 0.15) is 11.6 Å². The number of nitrogen functional groups attached to an aromatic ring is 1. The van der Waals surface area contributed by atoms with Gasteiger partial charge in [0.05, 0.1) is 21.4 Å². The Morgan fingerprint density at radius 3 is 2.23 bits per heavy atom. The van der Waals surface area contributed by atoms with Crippen LogP contribution in [0.25, 0.3) is 0 Å². The third-order valence-electron chi connectivity index (χ3n) is 4.08. The van der Waals surface area contributed by atoms with Crippen LogP contribution in [0.4, 0.5) is 5.82 Å². The van der Waals surface area contributed by atoms with Gasteiger partial charge < -0.3 is 17.2 Å². The highest BCUT2D eigenvalue weighted by molar-refractivity contribution is 7.92. The lowest BCUT2D eigenvalue weighted by atomic mass is 10.0. The predicted octanol–water partition coefficient (Wildman–Crippen LogP) is 2.35. The second-order valence-corrected chi connectivity index (χ2v) is 9.35. The molecule has 2 rings (SSSR count). The quantitative estimate of drug-likeness (QED) is 0.498. The van der Waals surface area contributed by atoms with Crippen molar-refractivity contribution in [2.24, 2.45) is 16.5 Å². The number of aliphatic imine (C=N–C) groups is 1. The summed E-state index contributed by atoms with van der Waals surface area (Å²) in [6, 6.07) is 9.73. The first kappa shape index (κ1) is 22.7. The van der Waals surface area contributed by atoms with Crippen molar-refractivity contribution >= 4 is 21.4 Å². The number of sulfone groups is 1. The molecule has 0 saturated heterocycles. The zero-order valence-electron chi connectivity index (χ0n) is 17.2. The topological polar surface area (TPSA) is 137 Å². The molecular formula is C22H25N5O2S. The molecule has 2 aromatic rings. The number of allylic oxidation sites excluding steroid dienone is 2. The maximum absolute atomic E-state index is 12.4. The second kappa shape index (κ2) is 9.29. The number of benzene rings is 1. The lowest BCUT2D eigenvalue weighted by Crippen LogP contribution is -2.15. The number of nitrogens with zero attached hydrogens (tertiary/aromatic N) is 2. The first-order valence-corrected chi connectivity index (χ1v) is 10.6. The number of rotatable bonds is 5. The Labute approximate surface area is 177 Å². The summed E-state index contributed by atoms with van der Waals surface area (Å²) in [4.78, 5) is 8.53. The van der Waals surface area contributed by atoms with E-state index in [1.165, 1.54) is 12.1 Å². The fourth-order valence-corrected chi connectivity index (χ4v) is 3.50. The van der Waals surface area contributed by atoms with Crippen molar-refractivity contribution in [2.45, 2.75) is 30.9 Å². The van der Waals surface area contributed by atoms with Crippen LogP contribution in [-0.4, -0.2) is 24.4 Å².